The van der Waals surface area contributed by atoms with Crippen LogP contribution in [0.4, 0.5) is 15.8 Å². The fourth-order valence-corrected chi connectivity index (χ4v) is 2.82. The van der Waals surface area contributed by atoms with Crippen LogP contribution in [0.25, 0.3) is 0 Å². The smallest absolute Gasteiger partial charge is 0.246 e. The zero-order valence-electron chi connectivity index (χ0n) is 13.5. The van der Waals surface area contributed by atoms with Crippen LogP contribution in [0.3, 0.4) is 0 Å². The Kier molecular flexibility index (Phi) is 4.70. The van der Waals surface area contributed by atoms with Gasteiger partial charge in [-0.15, -0.1) is 5.10 Å². The highest BCUT2D eigenvalue weighted by atomic mass is 19.1. The molecule has 2 aromatic rings. The minimum atomic E-state index is -0.378. The van der Waals surface area contributed by atoms with E-state index >= 15 is 0 Å². The maximum absolute atomic E-state index is 14.4. The molecule has 1 fully saturated rings. The van der Waals surface area contributed by atoms with Gasteiger partial charge in [-0.1, -0.05) is 0 Å². The molecule has 0 bridgehead atoms. The summed E-state index contributed by atoms with van der Waals surface area (Å²) in [5, 5.41) is 13.1. The number of rotatable bonds is 4. The lowest BCUT2D eigenvalue weighted by Crippen LogP contribution is -2.45. The second-order valence-electron chi connectivity index (χ2n) is 5.88. The van der Waals surface area contributed by atoms with E-state index in [0.29, 0.717) is 24.5 Å². The third kappa shape index (κ3) is 3.85. The van der Waals surface area contributed by atoms with E-state index < -0.39 is 0 Å². The molecule has 2 atom stereocenters. The molecule has 2 unspecified atom stereocenters. The number of hydrogen-bond acceptors (Lipinski definition) is 6. The van der Waals surface area contributed by atoms with Gasteiger partial charge >= 0.3 is 0 Å². The standard InChI is InChI=1S/C15H19FN6O2/c1-10-6-21(7-11(2)24-10)14-4-3-12(5-13(14)16)18-15(23)8-22-9-17-19-20-22/h3-5,9-11H,6-8H2,1-2H3,(H,18,23). The van der Waals surface area contributed by atoms with Crippen LogP contribution in [0.2, 0.25) is 0 Å². The predicted molar refractivity (Wildman–Crippen MR) is 85.1 cm³/mol. The SMILES string of the molecule is CC1CN(c2ccc(NC(=O)Cn3cnnn3)cc2F)CC(C)O1. The van der Waals surface area contributed by atoms with Crippen molar-refractivity contribution in [2.24, 2.45) is 0 Å². The van der Waals surface area contributed by atoms with Gasteiger partial charge in [-0.3, -0.25) is 4.79 Å². The van der Waals surface area contributed by atoms with Crippen molar-refractivity contribution < 1.29 is 13.9 Å². The van der Waals surface area contributed by atoms with Crippen molar-refractivity contribution in [1.29, 1.82) is 0 Å². The lowest BCUT2D eigenvalue weighted by atomic mass is 10.2. The highest BCUT2D eigenvalue weighted by Crippen LogP contribution is 2.26. The van der Waals surface area contributed by atoms with Gasteiger partial charge in [0.05, 0.1) is 17.9 Å². The molecule has 1 amide bonds. The zero-order valence-corrected chi connectivity index (χ0v) is 13.5. The Balaban J connectivity index is 1.67. The first-order chi connectivity index (χ1) is 11.5. The number of benzene rings is 1. The number of nitrogens with one attached hydrogen (secondary N) is 1. The van der Waals surface area contributed by atoms with Crippen LogP contribution in [-0.4, -0.2) is 51.4 Å². The fraction of sp³-hybridized carbons (Fsp3) is 0.467. The molecule has 128 valence electrons. The lowest BCUT2D eigenvalue weighted by molar-refractivity contribution is -0.116. The van der Waals surface area contributed by atoms with E-state index in [4.69, 9.17) is 4.74 Å². The van der Waals surface area contributed by atoms with Gasteiger partial charge in [0.2, 0.25) is 5.91 Å². The van der Waals surface area contributed by atoms with Crippen molar-refractivity contribution in [3.63, 3.8) is 0 Å². The first-order valence-corrected chi connectivity index (χ1v) is 7.72. The van der Waals surface area contributed by atoms with Crippen LogP contribution in [-0.2, 0) is 16.1 Å². The molecule has 1 aliphatic heterocycles. The number of carbonyl (C=O) groups excluding carboxylic acids is 1. The summed E-state index contributed by atoms with van der Waals surface area (Å²) in [5.41, 5.74) is 0.902. The van der Waals surface area contributed by atoms with Gasteiger partial charge in [-0.05, 0) is 42.5 Å². The molecular formula is C15H19FN6O2. The highest BCUT2D eigenvalue weighted by molar-refractivity contribution is 5.90. The number of hydrogen-bond donors (Lipinski definition) is 1. The number of aromatic nitrogens is 4. The second kappa shape index (κ2) is 6.91. The van der Waals surface area contributed by atoms with Crippen molar-refractivity contribution in [2.75, 3.05) is 23.3 Å². The third-order valence-electron chi connectivity index (χ3n) is 3.69. The zero-order chi connectivity index (χ0) is 17.1. The number of anilines is 2. The second-order valence-corrected chi connectivity index (χ2v) is 5.88. The summed E-state index contributed by atoms with van der Waals surface area (Å²) in [7, 11) is 0. The van der Waals surface area contributed by atoms with Crippen LogP contribution in [0.1, 0.15) is 13.8 Å². The molecule has 0 saturated carbocycles. The number of morpholine rings is 1. The summed E-state index contributed by atoms with van der Waals surface area (Å²) in [5.74, 6) is -0.709. The number of halogens is 1. The van der Waals surface area contributed by atoms with Gasteiger partial charge in [-0.2, -0.15) is 0 Å². The van der Waals surface area contributed by atoms with Crippen LogP contribution < -0.4 is 10.2 Å². The van der Waals surface area contributed by atoms with Crippen LogP contribution >= 0.6 is 0 Å². The van der Waals surface area contributed by atoms with Gasteiger partial charge in [0.25, 0.3) is 0 Å². The first-order valence-electron chi connectivity index (χ1n) is 7.72. The summed E-state index contributed by atoms with van der Waals surface area (Å²) < 4.78 is 21.4. The molecule has 24 heavy (non-hydrogen) atoms. The number of tetrazole rings is 1. The Morgan fingerprint density at radius 3 is 2.75 bits per heavy atom. The average molecular weight is 334 g/mol. The van der Waals surface area contributed by atoms with Crippen LogP contribution in [0, 0.1) is 5.82 Å². The summed E-state index contributed by atoms with van der Waals surface area (Å²) in [6.07, 6.45) is 1.43. The first kappa shape index (κ1) is 16.3. The number of amides is 1. The third-order valence-corrected chi connectivity index (χ3v) is 3.69. The minimum Gasteiger partial charge on any atom is -0.372 e. The summed E-state index contributed by atoms with van der Waals surface area (Å²) in [6, 6.07) is 4.67. The fourth-order valence-electron chi connectivity index (χ4n) is 2.82. The minimum absolute atomic E-state index is 0.0329. The van der Waals surface area contributed by atoms with E-state index in [1.807, 2.05) is 18.7 Å². The maximum atomic E-state index is 14.4. The molecule has 8 nitrogen and oxygen atoms in total. The molecule has 1 aliphatic rings. The Labute approximate surface area is 138 Å². The van der Waals surface area contributed by atoms with Crippen molar-refractivity contribution in [1.82, 2.24) is 20.2 Å². The number of ether oxygens (including phenoxy) is 1. The van der Waals surface area contributed by atoms with Crippen LogP contribution in [0.15, 0.2) is 24.5 Å². The number of carbonyl (C=O) groups is 1. The van der Waals surface area contributed by atoms with Crippen molar-refractivity contribution in [3.8, 4) is 0 Å². The van der Waals surface area contributed by atoms with Crippen LogP contribution in [0.5, 0.6) is 0 Å². The van der Waals surface area contributed by atoms with Crippen molar-refractivity contribution in [2.45, 2.75) is 32.6 Å². The van der Waals surface area contributed by atoms with Gasteiger partial charge < -0.3 is 15.0 Å². The lowest BCUT2D eigenvalue weighted by Gasteiger charge is -2.37. The highest BCUT2D eigenvalue weighted by Gasteiger charge is 2.24. The van der Waals surface area contributed by atoms with Gasteiger partial charge in [0.15, 0.2) is 0 Å². The summed E-state index contributed by atoms with van der Waals surface area (Å²) >= 11 is 0. The Morgan fingerprint density at radius 2 is 2.12 bits per heavy atom. The van der Waals surface area contributed by atoms with E-state index in [2.05, 4.69) is 20.8 Å². The monoisotopic (exact) mass is 334 g/mol. The average Bonchev–Trinajstić information content (AvgIpc) is 2.99. The largest absolute Gasteiger partial charge is 0.372 e. The van der Waals surface area contributed by atoms with Gasteiger partial charge in [-0.25, -0.2) is 9.07 Å². The van der Waals surface area contributed by atoms with E-state index in [0.717, 1.165) is 0 Å². The van der Waals surface area contributed by atoms with E-state index in [1.54, 1.807) is 12.1 Å². The Hall–Kier alpha value is -2.55. The van der Waals surface area contributed by atoms with Crippen molar-refractivity contribution in [3.05, 3.63) is 30.3 Å². The molecule has 3 rings (SSSR count). The van der Waals surface area contributed by atoms with E-state index in [-0.39, 0.29) is 30.5 Å². The molecule has 1 saturated heterocycles. The molecule has 0 spiro atoms. The predicted octanol–water partition coefficient (Wildman–Crippen LogP) is 1.06. The quantitative estimate of drug-likeness (QED) is 0.900. The van der Waals surface area contributed by atoms with E-state index in [1.165, 1.54) is 17.1 Å². The molecule has 2 heterocycles. The molecule has 0 aliphatic carbocycles. The van der Waals surface area contributed by atoms with E-state index in [9.17, 15) is 9.18 Å². The summed E-state index contributed by atoms with van der Waals surface area (Å²) in [6.45, 7) is 5.16. The summed E-state index contributed by atoms with van der Waals surface area (Å²) in [4.78, 5) is 13.8. The Bertz CT molecular complexity index is 698. The molecular weight excluding hydrogens is 315 g/mol. The molecule has 0 radical (unpaired) electrons. The Morgan fingerprint density at radius 1 is 1.38 bits per heavy atom. The molecule has 1 aromatic carbocycles. The molecule has 1 N–H and O–H groups in total. The molecule has 1 aromatic heterocycles. The van der Waals surface area contributed by atoms with Gasteiger partial charge in [0, 0.05) is 18.8 Å². The molecule has 9 heteroatoms. The van der Waals surface area contributed by atoms with Gasteiger partial charge in [0.1, 0.15) is 18.7 Å². The normalized spacial score (nSPS) is 20.9. The van der Waals surface area contributed by atoms with Crippen molar-refractivity contribution >= 4 is 17.3 Å². The topological polar surface area (TPSA) is 85.2 Å². The maximum Gasteiger partial charge on any atom is 0.246 e. The number of nitrogens with zero attached hydrogens (tertiary/aromatic N) is 5.